The number of phenolic OH excluding ortho intramolecular Hbond substituents is 1. The summed E-state index contributed by atoms with van der Waals surface area (Å²) in [5.74, 6) is -2.03. The average Bonchev–Trinajstić information content (AvgIpc) is 3.02. The molecule has 11 nitrogen and oxygen atoms in total. The van der Waals surface area contributed by atoms with Crippen molar-refractivity contribution in [3.05, 3.63) is 77.8 Å². The van der Waals surface area contributed by atoms with Crippen LogP contribution in [0.5, 0.6) is 5.75 Å². The predicted molar refractivity (Wildman–Crippen MR) is 178 cm³/mol. The van der Waals surface area contributed by atoms with E-state index in [4.69, 9.17) is 4.74 Å². The fourth-order valence-electron chi connectivity index (χ4n) is 6.12. The number of aromatic hydroxyl groups is 1. The Kier molecular flexibility index (Phi) is 11.7. The van der Waals surface area contributed by atoms with E-state index in [-0.39, 0.29) is 30.4 Å². The first-order valence-corrected chi connectivity index (χ1v) is 16.0. The van der Waals surface area contributed by atoms with Gasteiger partial charge in [0.2, 0.25) is 17.7 Å². The SMILES string of the molecule is CC1=CC(C)CC(C)OC(=O)CC(c2ccc(O)cc2)NC(=O)C(Cc2ncnc3ccccc23)N(C)C(=O)C(C)NC(=O)C(C)C1. The molecular formula is C36H45N5O6. The highest BCUT2D eigenvalue weighted by atomic mass is 16.5. The summed E-state index contributed by atoms with van der Waals surface area (Å²) in [6.07, 6.45) is 4.04. The van der Waals surface area contributed by atoms with Crippen molar-refractivity contribution in [1.82, 2.24) is 25.5 Å². The van der Waals surface area contributed by atoms with E-state index in [2.05, 4.69) is 26.7 Å². The summed E-state index contributed by atoms with van der Waals surface area (Å²) in [6.45, 7) is 9.22. The Morgan fingerprint density at radius 2 is 1.62 bits per heavy atom. The standard InChI is InChI=1S/C36H45N5O6/c1-21-15-22(2)17-24(4)47-33(43)19-30(26-11-13-27(42)14-12-26)40-35(45)32(18-31-28-9-7-8-10-29(28)37-20-38-31)41(6)36(46)25(5)39-34(44)23(3)16-21/h7-15,20,22-25,30,32,42H,16-19H2,1-6H3,(H,39,44)(H,40,45). The van der Waals surface area contributed by atoms with Gasteiger partial charge in [0.1, 0.15) is 24.2 Å². The smallest absolute Gasteiger partial charge is 0.308 e. The van der Waals surface area contributed by atoms with Crippen LogP contribution in [0.4, 0.5) is 0 Å². The van der Waals surface area contributed by atoms with Gasteiger partial charge in [-0.05, 0) is 63.3 Å². The number of fused-ring (bicyclic) bond motifs is 1. The van der Waals surface area contributed by atoms with E-state index in [9.17, 15) is 24.3 Å². The topological polar surface area (TPSA) is 151 Å². The number of hydrogen-bond acceptors (Lipinski definition) is 8. The lowest BCUT2D eigenvalue weighted by molar-refractivity contribution is -0.149. The molecule has 1 aromatic heterocycles. The Labute approximate surface area is 275 Å². The first kappa shape index (κ1) is 35.1. The van der Waals surface area contributed by atoms with Crippen LogP contribution in [-0.2, 0) is 30.3 Å². The molecule has 0 aliphatic carbocycles. The molecule has 2 aromatic carbocycles. The number of amides is 3. The van der Waals surface area contributed by atoms with Crippen molar-refractivity contribution < 1.29 is 29.0 Å². The van der Waals surface area contributed by atoms with E-state index in [0.29, 0.717) is 29.6 Å². The van der Waals surface area contributed by atoms with Gasteiger partial charge in [0.25, 0.3) is 0 Å². The van der Waals surface area contributed by atoms with Crippen molar-refractivity contribution in [2.24, 2.45) is 11.8 Å². The maximum absolute atomic E-state index is 14.2. The van der Waals surface area contributed by atoms with Gasteiger partial charge in [-0.1, -0.05) is 55.8 Å². The van der Waals surface area contributed by atoms with Gasteiger partial charge in [-0.15, -0.1) is 0 Å². The maximum atomic E-state index is 14.2. The van der Waals surface area contributed by atoms with Gasteiger partial charge < -0.3 is 25.4 Å². The number of aromatic nitrogens is 2. The van der Waals surface area contributed by atoms with E-state index in [1.165, 1.54) is 30.4 Å². The molecule has 4 rings (SSSR count). The quantitative estimate of drug-likeness (QED) is 0.281. The zero-order valence-corrected chi connectivity index (χ0v) is 27.9. The first-order valence-electron chi connectivity index (χ1n) is 16.0. The molecule has 3 amide bonds. The van der Waals surface area contributed by atoms with Crippen LogP contribution in [0.3, 0.4) is 0 Å². The third-order valence-electron chi connectivity index (χ3n) is 8.52. The second kappa shape index (κ2) is 15.7. The Balaban J connectivity index is 1.74. The summed E-state index contributed by atoms with van der Waals surface area (Å²) in [7, 11) is 1.52. The summed E-state index contributed by atoms with van der Waals surface area (Å²) in [5, 5.41) is 16.4. The second-order valence-electron chi connectivity index (χ2n) is 12.7. The lowest BCUT2D eigenvalue weighted by Crippen LogP contribution is -2.55. The lowest BCUT2D eigenvalue weighted by Gasteiger charge is -2.31. The van der Waals surface area contributed by atoms with Crippen molar-refractivity contribution in [2.45, 2.75) is 84.5 Å². The molecule has 6 unspecified atom stereocenters. The monoisotopic (exact) mass is 643 g/mol. The minimum atomic E-state index is -1.07. The lowest BCUT2D eigenvalue weighted by atomic mass is 9.95. The number of allylic oxidation sites excluding steroid dienone is 2. The van der Waals surface area contributed by atoms with Crippen LogP contribution in [0.2, 0.25) is 0 Å². The molecule has 11 heteroatoms. The molecule has 47 heavy (non-hydrogen) atoms. The van der Waals surface area contributed by atoms with Crippen molar-refractivity contribution in [3.63, 3.8) is 0 Å². The van der Waals surface area contributed by atoms with Crippen LogP contribution >= 0.6 is 0 Å². The molecule has 0 fully saturated rings. The highest BCUT2D eigenvalue weighted by Gasteiger charge is 2.34. The van der Waals surface area contributed by atoms with Crippen LogP contribution in [0.1, 0.15) is 71.2 Å². The summed E-state index contributed by atoms with van der Waals surface area (Å²) in [4.78, 5) is 64.6. The number of nitrogens with zero attached hydrogens (tertiary/aromatic N) is 3. The molecule has 3 N–H and O–H groups in total. The number of hydrogen-bond donors (Lipinski definition) is 3. The van der Waals surface area contributed by atoms with Gasteiger partial charge in [0.15, 0.2) is 0 Å². The number of likely N-dealkylation sites (N-methyl/N-ethyl adjacent to an activating group) is 1. The third kappa shape index (κ3) is 9.37. The van der Waals surface area contributed by atoms with Crippen LogP contribution in [0, 0.1) is 11.8 Å². The van der Waals surface area contributed by atoms with Gasteiger partial charge in [-0.25, -0.2) is 9.97 Å². The molecule has 2 heterocycles. The largest absolute Gasteiger partial charge is 0.508 e. The van der Waals surface area contributed by atoms with Crippen LogP contribution in [-0.4, -0.2) is 68.9 Å². The van der Waals surface area contributed by atoms with Gasteiger partial charge >= 0.3 is 5.97 Å². The fraction of sp³-hybridized carbons (Fsp3) is 0.444. The number of para-hydroxylation sites is 1. The number of nitrogens with one attached hydrogen (secondary N) is 2. The maximum Gasteiger partial charge on any atom is 0.308 e. The molecule has 1 aliphatic rings. The van der Waals surface area contributed by atoms with Crippen LogP contribution in [0.25, 0.3) is 10.9 Å². The molecule has 250 valence electrons. The van der Waals surface area contributed by atoms with Gasteiger partial charge in [0, 0.05) is 24.8 Å². The van der Waals surface area contributed by atoms with Crippen LogP contribution < -0.4 is 10.6 Å². The number of carbonyl (C=O) groups is 4. The zero-order valence-electron chi connectivity index (χ0n) is 27.9. The summed E-state index contributed by atoms with van der Waals surface area (Å²) < 4.78 is 5.78. The molecule has 1 aliphatic heterocycles. The van der Waals surface area contributed by atoms with E-state index in [0.717, 1.165) is 11.0 Å². The molecule has 3 aromatic rings. The predicted octanol–water partition coefficient (Wildman–Crippen LogP) is 4.40. The molecule has 0 saturated carbocycles. The molecule has 6 atom stereocenters. The highest BCUT2D eigenvalue weighted by molar-refractivity contribution is 5.93. The Morgan fingerprint density at radius 3 is 2.34 bits per heavy atom. The minimum Gasteiger partial charge on any atom is -0.508 e. The Hall–Kier alpha value is -4.80. The van der Waals surface area contributed by atoms with E-state index in [1.54, 1.807) is 19.1 Å². The van der Waals surface area contributed by atoms with E-state index < -0.39 is 47.9 Å². The summed E-state index contributed by atoms with van der Waals surface area (Å²) in [6, 6.07) is 10.8. The normalized spacial score (nSPS) is 25.9. The Bertz CT molecular complexity index is 1620. The summed E-state index contributed by atoms with van der Waals surface area (Å²) in [5.41, 5.74) is 2.85. The molecule has 0 saturated heterocycles. The van der Waals surface area contributed by atoms with Crippen molar-refractivity contribution in [3.8, 4) is 5.75 Å². The average molecular weight is 644 g/mol. The first-order chi connectivity index (χ1) is 22.3. The van der Waals surface area contributed by atoms with Gasteiger partial charge in [-0.3, -0.25) is 19.2 Å². The third-order valence-corrected chi connectivity index (χ3v) is 8.52. The summed E-state index contributed by atoms with van der Waals surface area (Å²) >= 11 is 0. The number of carbonyl (C=O) groups excluding carboxylic acids is 4. The van der Waals surface area contributed by atoms with Crippen LogP contribution in [0.15, 0.2) is 66.5 Å². The second-order valence-corrected chi connectivity index (χ2v) is 12.7. The van der Waals surface area contributed by atoms with Crippen molar-refractivity contribution in [2.75, 3.05) is 7.05 Å². The molecule has 0 bridgehead atoms. The number of cyclic esters (lactones) is 1. The minimum absolute atomic E-state index is 0.0360. The van der Waals surface area contributed by atoms with E-state index in [1.807, 2.05) is 52.0 Å². The molecule has 0 radical (unpaired) electrons. The molecule has 0 spiro atoms. The zero-order chi connectivity index (χ0) is 34.2. The fourth-order valence-corrected chi connectivity index (χ4v) is 6.12. The number of rotatable bonds is 3. The highest BCUT2D eigenvalue weighted by Crippen LogP contribution is 2.24. The Morgan fingerprint density at radius 1 is 0.915 bits per heavy atom. The van der Waals surface area contributed by atoms with E-state index >= 15 is 0 Å². The van der Waals surface area contributed by atoms with Crippen molar-refractivity contribution in [1.29, 1.82) is 0 Å². The number of phenols is 1. The number of benzene rings is 2. The van der Waals surface area contributed by atoms with Crippen molar-refractivity contribution >= 4 is 34.6 Å². The van der Waals surface area contributed by atoms with Gasteiger partial charge in [-0.2, -0.15) is 0 Å². The number of esters is 1. The number of ether oxygens (including phenoxy) is 1. The molecular weight excluding hydrogens is 598 g/mol. The van der Waals surface area contributed by atoms with Gasteiger partial charge in [0.05, 0.1) is 29.8 Å².